The first-order chi connectivity index (χ1) is 8.81. The Hall–Kier alpha value is 1.14. The van der Waals surface area contributed by atoms with E-state index in [2.05, 4.69) is 6.92 Å². The molecule has 0 aliphatic heterocycles. The average molecular weight is 303 g/mol. The van der Waals surface area contributed by atoms with Gasteiger partial charge in [0.15, 0.2) is 0 Å². The van der Waals surface area contributed by atoms with Gasteiger partial charge in [-0.05, 0) is 6.42 Å². The van der Waals surface area contributed by atoms with Gasteiger partial charge in [0.05, 0.1) is 13.0 Å². The Balaban J connectivity index is -0.000000241. The van der Waals surface area contributed by atoms with E-state index in [1.54, 1.807) is 0 Å². The van der Waals surface area contributed by atoms with Gasteiger partial charge in [-0.25, -0.2) is 0 Å². The summed E-state index contributed by atoms with van der Waals surface area (Å²) in [7, 11) is 0. The number of unbranched alkanes of at least 4 members (excludes halogenated alkanes) is 9. The Kier molecular flexibility index (Phi) is 29.2. The average Bonchev–Trinajstić information content (AvgIpc) is 2.36. The maximum Gasteiger partial charge on any atom is 1.00 e. The summed E-state index contributed by atoms with van der Waals surface area (Å²) in [6, 6.07) is 0. The zero-order chi connectivity index (χ0) is 13.5. The predicted molar refractivity (Wildman–Crippen MR) is 78.4 cm³/mol. The van der Waals surface area contributed by atoms with Crippen molar-refractivity contribution in [2.75, 3.05) is 6.61 Å². The van der Waals surface area contributed by atoms with Crippen molar-refractivity contribution in [3.8, 4) is 0 Å². The van der Waals surface area contributed by atoms with E-state index in [-0.39, 0.29) is 74.4 Å². The zero-order valence-corrected chi connectivity index (χ0v) is 17.9. The summed E-state index contributed by atoms with van der Waals surface area (Å²) in [5.41, 5.74) is 0. The van der Waals surface area contributed by atoms with Crippen molar-refractivity contribution >= 4 is 12.2 Å². The van der Waals surface area contributed by atoms with Gasteiger partial charge in [-0.2, -0.15) is 0 Å². The van der Waals surface area contributed by atoms with Crippen molar-refractivity contribution < 1.29 is 71.5 Å². The monoisotopic (exact) mass is 303 g/mol. The molecule has 0 radical (unpaired) electrons. The van der Waals surface area contributed by atoms with Gasteiger partial charge in [0.2, 0.25) is 0 Å². The predicted octanol–water partition coefficient (Wildman–Crippen LogP) is -1.28. The molecule has 0 atom stereocenters. The van der Waals surface area contributed by atoms with Crippen molar-refractivity contribution in [1.29, 1.82) is 5.41 Å². The summed E-state index contributed by atoms with van der Waals surface area (Å²) >= 11 is 0. The summed E-state index contributed by atoms with van der Waals surface area (Å²) < 4.78 is 4.96. The second-order valence-electron chi connectivity index (χ2n) is 4.81. The summed E-state index contributed by atoms with van der Waals surface area (Å²) in [6.45, 7) is 2.76. The molecule has 0 aliphatic carbocycles. The Bertz CT molecular complexity index is 224. The van der Waals surface area contributed by atoms with Gasteiger partial charge in [-0.1, -0.05) is 64.7 Å². The van der Waals surface area contributed by atoms with Gasteiger partial charge in [0.1, 0.15) is 0 Å². The summed E-state index contributed by atoms with van der Waals surface area (Å²) in [6.07, 6.45) is 14.0. The molecule has 0 fully saturated rings. The maximum atomic E-state index is 10.9. The van der Waals surface area contributed by atoms with E-state index >= 15 is 0 Å². The van der Waals surface area contributed by atoms with Gasteiger partial charge < -0.3 is 13.0 Å². The number of carbonyl (C=O) groups excluding carboxylic acids is 1. The number of esters is 1. The number of rotatable bonds is 13. The van der Waals surface area contributed by atoms with Gasteiger partial charge >= 0.3 is 65.1 Å². The standard InChI is InChI=1S/C15H29NO2.2Na.2H/c1-2-3-4-5-6-7-8-9-10-11-14-18-15(17)12-13-16;;;;/h13,16H,2-12,14H2,1H3;;;;/q;2*+1;2*-1. The van der Waals surface area contributed by atoms with Crippen LogP contribution in [0.2, 0.25) is 0 Å². The molecule has 0 aliphatic rings. The van der Waals surface area contributed by atoms with Crippen molar-refractivity contribution in [2.45, 2.75) is 77.6 Å². The van der Waals surface area contributed by atoms with Gasteiger partial charge in [-0.3, -0.25) is 4.79 Å². The molecule has 0 heterocycles. The molecule has 5 heteroatoms. The second kappa shape index (κ2) is 22.4. The minimum atomic E-state index is -0.277. The fourth-order valence-electron chi connectivity index (χ4n) is 1.92. The molecule has 0 rings (SSSR count). The molecular weight excluding hydrogens is 272 g/mol. The quantitative estimate of drug-likeness (QED) is 0.199. The van der Waals surface area contributed by atoms with Crippen molar-refractivity contribution in [2.24, 2.45) is 0 Å². The van der Waals surface area contributed by atoms with Gasteiger partial charge in [-0.15, -0.1) is 0 Å². The van der Waals surface area contributed by atoms with Crippen LogP contribution in [-0.4, -0.2) is 18.8 Å². The SMILES string of the molecule is CCCCCCCCCCCCOC(=O)CC=N.[H-].[H-].[Na+].[Na+]. The smallest absolute Gasteiger partial charge is 1.00 e. The molecule has 0 saturated carbocycles. The third kappa shape index (κ3) is 21.4. The van der Waals surface area contributed by atoms with Crippen LogP contribution in [0.3, 0.4) is 0 Å². The second-order valence-corrected chi connectivity index (χ2v) is 4.81. The topological polar surface area (TPSA) is 50.2 Å². The molecule has 0 bridgehead atoms. The fraction of sp³-hybridized carbons (Fsp3) is 0.867. The molecule has 1 N–H and O–H groups in total. The fourth-order valence-corrected chi connectivity index (χ4v) is 1.92. The first kappa shape index (κ1) is 26.1. The summed E-state index contributed by atoms with van der Waals surface area (Å²) in [4.78, 5) is 10.9. The third-order valence-corrected chi connectivity index (χ3v) is 3.03. The summed E-state index contributed by atoms with van der Waals surface area (Å²) in [5.74, 6) is -0.277. The number of nitrogens with one attached hydrogen (secondary N) is 1. The Morgan fingerprint density at radius 3 is 1.85 bits per heavy atom. The zero-order valence-electron chi connectivity index (χ0n) is 15.9. The van der Waals surface area contributed by atoms with Crippen LogP contribution in [0.15, 0.2) is 0 Å². The number of hydrogen-bond acceptors (Lipinski definition) is 3. The van der Waals surface area contributed by atoms with Crippen LogP contribution in [0.25, 0.3) is 0 Å². The molecule has 0 saturated heterocycles. The largest absolute Gasteiger partial charge is 1.00 e. The number of hydrogen-bond donors (Lipinski definition) is 1. The van der Waals surface area contributed by atoms with Crippen LogP contribution in [-0.2, 0) is 9.53 Å². The molecule has 3 nitrogen and oxygen atoms in total. The molecular formula is C15H31NNa2O2. The van der Waals surface area contributed by atoms with Gasteiger partial charge in [0, 0.05) is 6.21 Å². The van der Waals surface area contributed by atoms with Crippen LogP contribution in [0.5, 0.6) is 0 Å². The molecule has 0 aromatic carbocycles. The van der Waals surface area contributed by atoms with E-state index in [1.165, 1.54) is 51.4 Å². The van der Waals surface area contributed by atoms with Crippen molar-refractivity contribution in [3.63, 3.8) is 0 Å². The molecule has 0 aromatic rings. The Morgan fingerprint density at radius 2 is 1.40 bits per heavy atom. The van der Waals surface area contributed by atoms with E-state index in [9.17, 15) is 4.79 Å². The molecule has 20 heavy (non-hydrogen) atoms. The van der Waals surface area contributed by atoms with Crippen molar-refractivity contribution in [1.82, 2.24) is 0 Å². The molecule has 0 spiro atoms. The van der Waals surface area contributed by atoms with E-state index < -0.39 is 0 Å². The minimum absolute atomic E-state index is 0. The number of carbonyl (C=O) groups is 1. The molecule has 0 amide bonds. The van der Waals surface area contributed by atoms with E-state index in [0.717, 1.165) is 19.1 Å². The van der Waals surface area contributed by atoms with Crippen LogP contribution in [0.4, 0.5) is 0 Å². The van der Waals surface area contributed by atoms with E-state index in [4.69, 9.17) is 10.1 Å². The molecule has 110 valence electrons. The van der Waals surface area contributed by atoms with E-state index in [0.29, 0.717) is 6.61 Å². The van der Waals surface area contributed by atoms with Gasteiger partial charge in [0.25, 0.3) is 0 Å². The van der Waals surface area contributed by atoms with Crippen LogP contribution in [0, 0.1) is 5.41 Å². The van der Waals surface area contributed by atoms with Crippen LogP contribution < -0.4 is 59.1 Å². The summed E-state index contributed by atoms with van der Waals surface area (Å²) in [5, 5.41) is 6.76. The van der Waals surface area contributed by atoms with Crippen molar-refractivity contribution in [3.05, 3.63) is 0 Å². The van der Waals surface area contributed by atoms with Crippen LogP contribution in [0.1, 0.15) is 80.4 Å². The molecule has 0 aromatic heterocycles. The van der Waals surface area contributed by atoms with Crippen LogP contribution >= 0.6 is 0 Å². The first-order valence-corrected chi connectivity index (χ1v) is 7.45. The minimum Gasteiger partial charge on any atom is -1.00 e. The Morgan fingerprint density at radius 1 is 0.950 bits per heavy atom. The Labute approximate surface area is 172 Å². The third-order valence-electron chi connectivity index (χ3n) is 3.03. The normalized spacial score (nSPS) is 9.25. The van der Waals surface area contributed by atoms with E-state index in [1.807, 2.05) is 0 Å². The number of ether oxygens (including phenoxy) is 1. The molecule has 0 unspecified atom stereocenters. The maximum absolute atomic E-state index is 10.9. The first-order valence-electron chi connectivity index (χ1n) is 7.45.